The monoisotopic (exact) mass is 535 g/mol. The zero-order valence-electron chi connectivity index (χ0n) is 21.9. The number of rotatable bonds is 19. The van der Waals surface area contributed by atoms with E-state index in [1.54, 1.807) is 18.2 Å². The number of carbonyl (C=O) groups is 1. The Hall–Kier alpha value is -2.38. The molecule has 0 radical (unpaired) electrons. The molecule has 0 spiro atoms. The lowest BCUT2D eigenvalue weighted by Gasteiger charge is -2.23. The molecule has 0 bridgehead atoms. The highest BCUT2D eigenvalue weighted by atomic mass is 31.2. The maximum Gasteiger partial charge on any atom is 0.469 e. The number of aryl methyl sites for hydroxylation is 1. The smallest absolute Gasteiger partial charge is 0.469 e. The van der Waals surface area contributed by atoms with Crippen molar-refractivity contribution in [3.8, 4) is 11.5 Å². The lowest BCUT2D eigenvalue weighted by molar-refractivity contribution is -0.132. The molecule has 0 aliphatic carbocycles. The Balaban J connectivity index is 1.82. The van der Waals surface area contributed by atoms with E-state index in [1.165, 1.54) is 55.9 Å². The van der Waals surface area contributed by atoms with Crippen LogP contribution < -0.4 is 4.74 Å². The molecule has 0 aliphatic rings. The second-order valence-electron chi connectivity index (χ2n) is 9.28. The Labute approximate surface area is 220 Å². The van der Waals surface area contributed by atoms with Crippen molar-refractivity contribution >= 4 is 13.7 Å². The molecule has 8 nitrogen and oxygen atoms in total. The van der Waals surface area contributed by atoms with Crippen molar-refractivity contribution in [1.29, 1.82) is 0 Å². The second kappa shape index (κ2) is 17.2. The van der Waals surface area contributed by atoms with Crippen LogP contribution in [0.5, 0.6) is 11.5 Å². The number of amides is 1. The Bertz CT molecular complexity index is 979. The third kappa shape index (κ3) is 14.2. The van der Waals surface area contributed by atoms with E-state index in [0.29, 0.717) is 18.6 Å². The molecule has 0 saturated carbocycles. The number of phosphoric acid groups is 1. The predicted molar refractivity (Wildman–Crippen MR) is 144 cm³/mol. The molecule has 9 heteroatoms. The Morgan fingerprint density at radius 2 is 1.57 bits per heavy atom. The molecule has 2 aromatic rings. The predicted octanol–water partition coefficient (Wildman–Crippen LogP) is 5.98. The van der Waals surface area contributed by atoms with Gasteiger partial charge < -0.3 is 24.5 Å². The van der Waals surface area contributed by atoms with Crippen LogP contribution in [0.4, 0.5) is 0 Å². The van der Waals surface area contributed by atoms with E-state index in [4.69, 9.17) is 14.5 Å². The number of phenols is 1. The van der Waals surface area contributed by atoms with Gasteiger partial charge in [-0.2, -0.15) is 0 Å². The van der Waals surface area contributed by atoms with Gasteiger partial charge in [0.2, 0.25) is 5.91 Å². The molecule has 0 heterocycles. The normalized spacial score (nSPS) is 11.4. The van der Waals surface area contributed by atoms with Crippen LogP contribution in [0.1, 0.15) is 75.8 Å². The molecule has 1 amide bonds. The first kappa shape index (κ1) is 30.8. The molecule has 37 heavy (non-hydrogen) atoms. The topological polar surface area (TPSA) is 117 Å². The van der Waals surface area contributed by atoms with E-state index >= 15 is 0 Å². The number of ether oxygens (including phenoxy) is 1. The first-order chi connectivity index (χ1) is 17.8. The lowest BCUT2D eigenvalue weighted by Crippen LogP contribution is -2.33. The minimum atomic E-state index is -4.63. The van der Waals surface area contributed by atoms with Crippen molar-refractivity contribution in [2.75, 3.05) is 19.8 Å². The maximum absolute atomic E-state index is 13.0. The van der Waals surface area contributed by atoms with Gasteiger partial charge in [0.15, 0.2) is 0 Å². The molecule has 206 valence electrons. The fourth-order valence-electron chi connectivity index (χ4n) is 4.06. The van der Waals surface area contributed by atoms with Crippen molar-refractivity contribution in [2.24, 2.45) is 0 Å². The van der Waals surface area contributed by atoms with Crippen LogP contribution in [0.25, 0.3) is 0 Å². The molecule has 0 atom stereocenters. The van der Waals surface area contributed by atoms with Crippen molar-refractivity contribution in [3.63, 3.8) is 0 Å². The summed E-state index contributed by atoms with van der Waals surface area (Å²) in [7, 11) is -4.63. The number of unbranched alkanes of at least 4 members (excludes halogenated alkanes) is 7. The van der Waals surface area contributed by atoms with Gasteiger partial charge >= 0.3 is 7.82 Å². The van der Waals surface area contributed by atoms with E-state index in [9.17, 15) is 14.5 Å². The van der Waals surface area contributed by atoms with Crippen molar-refractivity contribution in [2.45, 2.75) is 77.7 Å². The standard InChI is InChI=1S/C28H42NO7P/c1-2-3-4-5-6-7-8-9-19-35-27-15-11-12-24(22-27)16-17-28(31)29(18-20-36-37(32,33)34)23-25-13-10-14-26(30)21-25/h10-15,21-22,30H,2-9,16-20,23H2,1H3,(H2,32,33,34). The summed E-state index contributed by atoms with van der Waals surface area (Å²) < 4.78 is 21.5. The van der Waals surface area contributed by atoms with Crippen LogP contribution in [0.3, 0.4) is 0 Å². The van der Waals surface area contributed by atoms with Gasteiger partial charge in [0.05, 0.1) is 13.2 Å². The number of aromatic hydroxyl groups is 1. The number of hydrogen-bond donors (Lipinski definition) is 3. The van der Waals surface area contributed by atoms with E-state index in [1.807, 2.05) is 24.3 Å². The highest BCUT2D eigenvalue weighted by Gasteiger charge is 2.18. The minimum absolute atomic E-state index is 0.0152. The molecular formula is C28H42NO7P. The third-order valence-corrected chi connectivity index (χ3v) is 6.57. The first-order valence-corrected chi connectivity index (χ1v) is 14.8. The van der Waals surface area contributed by atoms with Gasteiger partial charge in [-0.3, -0.25) is 9.32 Å². The van der Waals surface area contributed by atoms with Crippen LogP contribution in [0.2, 0.25) is 0 Å². The Morgan fingerprint density at radius 1 is 0.892 bits per heavy atom. The fourth-order valence-corrected chi connectivity index (χ4v) is 4.38. The molecule has 2 aromatic carbocycles. The van der Waals surface area contributed by atoms with Gasteiger partial charge in [0.1, 0.15) is 11.5 Å². The molecule has 2 rings (SSSR count). The average molecular weight is 536 g/mol. The van der Waals surface area contributed by atoms with Crippen molar-refractivity contribution < 1.29 is 33.5 Å². The number of phenolic OH excluding ortho intramolecular Hbond substituents is 1. The molecule has 0 aliphatic heterocycles. The van der Waals surface area contributed by atoms with Crippen LogP contribution in [0.15, 0.2) is 48.5 Å². The fraction of sp³-hybridized carbons (Fsp3) is 0.536. The summed E-state index contributed by atoms with van der Waals surface area (Å²) in [6.45, 7) is 2.82. The SMILES string of the molecule is CCCCCCCCCCOc1cccc(CCC(=O)N(CCOP(=O)(O)O)Cc2cccc(O)c2)c1. The number of nitrogens with zero attached hydrogens (tertiary/aromatic N) is 1. The summed E-state index contributed by atoms with van der Waals surface area (Å²) >= 11 is 0. The van der Waals surface area contributed by atoms with Gasteiger partial charge in [-0.05, 0) is 48.2 Å². The highest BCUT2D eigenvalue weighted by molar-refractivity contribution is 7.46. The highest BCUT2D eigenvalue weighted by Crippen LogP contribution is 2.35. The van der Waals surface area contributed by atoms with Gasteiger partial charge in [-0.25, -0.2) is 4.57 Å². The molecule has 0 fully saturated rings. The van der Waals surface area contributed by atoms with Crippen LogP contribution in [0, 0.1) is 0 Å². The van der Waals surface area contributed by atoms with E-state index in [-0.39, 0.29) is 37.8 Å². The van der Waals surface area contributed by atoms with E-state index in [2.05, 4.69) is 11.4 Å². The minimum Gasteiger partial charge on any atom is -0.508 e. The summed E-state index contributed by atoms with van der Waals surface area (Å²) in [5, 5.41) is 9.73. The molecule has 0 aromatic heterocycles. The number of carbonyl (C=O) groups excluding carboxylic acids is 1. The van der Waals surface area contributed by atoms with Gasteiger partial charge in [-0.1, -0.05) is 76.1 Å². The quantitative estimate of drug-likeness (QED) is 0.150. The molecular weight excluding hydrogens is 493 g/mol. The summed E-state index contributed by atoms with van der Waals surface area (Å²) in [6.07, 6.45) is 10.7. The van der Waals surface area contributed by atoms with Crippen LogP contribution in [-0.4, -0.2) is 45.5 Å². The lowest BCUT2D eigenvalue weighted by atomic mass is 10.1. The van der Waals surface area contributed by atoms with Crippen LogP contribution in [-0.2, 0) is 26.8 Å². The van der Waals surface area contributed by atoms with Gasteiger partial charge in [-0.15, -0.1) is 0 Å². The third-order valence-electron chi connectivity index (χ3n) is 6.05. The Morgan fingerprint density at radius 3 is 2.27 bits per heavy atom. The van der Waals surface area contributed by atoms with Crippen molar-refractivity contribution in [3.05, 3.63) is 59.7 Å². The Kier molecular flexibility index (Phi) is 14.3. The number of benzene rings is 2. The van der Waals surface area contributed by atoms with Crippen LogP contribution >= 0.6 is 7.82 Å². The van der Waals surface area contributed by atoms with Crippen molar-refractivity contribution in [1.82, 2.24) is 4.90 Å². The molecule has 0 unspecified atom stereocenters. The van der Waals surface area contributed by atoms with Gasteiger partial charge in [0.25, 0.3) is 0 Å². The van der Waals surface area contributed by atoms with E-state index < -0.39 is 7.82 Å². The zero-order valence-corrected chi connectivity index (χ0v) is 22.8. The average Bonchev–Trinajstić information content (AvgIpc) is 2.85. The van der Waals surface area contributed by atoms with E-state index in [0.717, 1.165) is 17.7 Å². The largest absolute Gasteiger partial charge is 0.508 e. The summed E-state index contributed by atoms with van der Waals surface area (Å²) in [5.41, 5.74) is 1.69. The van der Waals surface area contributed by atoms with Gasteiger partial charge in [0, 0.05) is 19.5 Å². The molecule has 0 saturated heterocycles. The first-order valence-electron chi connectivity index (χ1n) is 13.2. The molecule has 3 N–H and O–H groups in total. The summed E-state index contributed by atoms with van der Waals surface area (Å²) in [6, 6.07) is 14.3. The zero-order chi connectivity index (χ0) is 26.9. The summed E-state index contributed by atoms with van der Waals surface area (Å²) in [5.74, 6) is 0.697. The summed E-state index contributed by atoms with van der Waals surface area (Å²) in [4.78, 5) is 32.4. The number of hydrogen-bond acceptors (Lipinski definition) is 5. The maximum atomic E-state index is 13.0. The number of phosphoric ester groups is 1. The second-order valence-corrected chi connectivity index (χ2v) is 10.5.